The van der Waals surface area contributed by atoms with Gasteiger partial charge in [0.1, 0.15) is 11.8 Å². The van der Waals surface area contributed by atoms with Crippen LogP contribution in [0.5, 0.6) is 5.75 Å². The minimum Gasteiger partial charge on any atom is -0.406 e. The van der Waals surface area contributed by atoms with Gasteiger partial charge in [-0.1, -0.05) is 6.07 Å². The smallest absolute Gasteiger partial charge is 0.406 e. The van der Waals surface area contributed by atoms with Crippen LogP contribution >= 0.6 is 0 Å². The molecule has 0 aliphatic carbocycles. The fourth-order valence-corrected chi connectivity index (χ4v) is 1.48. The van der Waals surface area contributed by atoms with E-state index >= 15 is 0 Å². The van der Waals surface area contributed by atoms with E-state index in [0.717, 1.165) is 0 Å². The number of alkyl halides is 3. The molecule has 106 valence electrons. The van der Waals surface area contributed by atoms with Gasteiger partial charge in [-0.05, 0) is 19.1 Å². The second kappa shape index (κ2) is 5.81. The molecule has 7 heteroatoms. The minimum atomic E-state index is -4.73. The predicted molar refractivity (Wildman–Crippen MR) is 64.9 cm³/mol. The van der Waals surface area contributed by atoms with E-state index in [-0.39, 0.29) is 11.7 Å². The van der Waals surface area contributed by atoms with Crippen molar-refractivity contribution in [1.82, 2.24) is 4.90 Å². The number of carbonyl (C=O) groups excluding carboxylic acids is 1. The Kier molecular flexibility index (Phi) is 4.63. The Morgan fingerprint density at radius 2 is 2.00 bits per heavy atom. The largest absolute Gasteiger partial charge is 0.573 e. The highest BCUT2D eigenvalue weighted by Crippen LogP contribution is 2.25. The molecule has 0 saturated heterocycles. The van der Waals surface area contributed by atoms with Crippen molar-refractivity contribution in [3.05, 3.63) is 24.3 Å². The van der Waals surface area contributed by atoms with Crippen LogP contribution in [0.4, 0.5) is 18.9 Å². The lowest BCUT2D eigenvalue weighted by atomic mass is 10.2. The van der Waals surface area contributed by atoms with Gasteiger partial charge in [-0.25, -0.2) is 0 Å². The maximum absolute atomic E-state index is 12.1. The molecule has 0 heterocycles. The van der Waals surface area contributed by atoms with Gasteiger partial charge in [-0.3, -0.25) is 4.79 Å². The molecule has 1 N–H and O–H groups in total. The summed E-state index contributed by atoms with van der Waals surface area (Å²) in [5, 5.41) is 2.81. The second-order valence-electron chi connectivity index (χ2n) is 4.17. The van der Waals surface area contributed by atoms with Crippen molar-refractivity contribution in [2.75, 3.05) is 19.4 Å². The van der Waals surface area contributed by atoms with Gasteiger partial charge in [0.05, 0.1) is 0 Å². The van der Waals surface area contributed by atoms with Crippen molar-refractivity contribution in [2.45, 2.75) is 19.3 Å². The molecule has 19 heavy (non-hydrogen) atoms. The van der Waals surface area contributed by atoms with Crippen molar-refractivity contribution < 1.29 is 22.7 Å². The molecule has 0 bridgehead atoms. The van der Waals surface area contributed by atoms with Crippen molar-refractivity contribution in [3.63, 3.8) is 0 Å². The Bertz CT molecular complexity index is 447. The van der Waals surface area contributed by atoms with Gasteiger partial charge >= 0.3 is 6.36 Å². The first kappa shape index (κ1) is 15.1. The molecular weight excluding hydrogens is 261 g/mol. The summed E-state index contributed by atoms with van der Waals surface area (Å²) in [5.41, 5.74) is 0.379. The number of likely N-dealkylation sites (N-methyl/N-ethyl adjacent to an activating group) is 1. The number of ether oxygens (including phenoxy) is 1. The van der Waals surface area contributed by atoms with E-state index in [1.165, 1.54) is 23.1 Å². The predicted octanol–water partition coefficient (Wildman–Crippen LogP) is 2.47. The van der Waals surface area contributed by atoms with E-state index in [4.69, 9.17) is 0 Å². The average Bonchev–Trinajstić information content (AvgIpc) is 2.25. The lowest BCUT2D eigenvalue weighted by Gasteiger charge is -2.19. The number of hydrogen-bond donors (Lipinski definition) is 1. The summed E-state index contributed by atoms with van der Waals surface area (Å²) in [5.74, 6) is -0.510. The number of anilines is 1. The lowest BCUT2D eigenvalue weighted by Crippen LogP contribution is -2.36. The van der Waals surface area contributed by atoms with Gasteiger partial charge < -0.3 is 15.0 Å². The van der Waals surface area contributed by atoms with Crippen LogP contribution in [-0.4, -0.2) is 37.3 Å². The highest BCUT2D eigenvalue weighted by atomic mass is 19.4. The number of halogens is 3. The maximum atomic E-state index is 12.1. The third kappa shape index (κ3) is 5.07. The molecule has 0 fully saturated rings. The normalized spacial score (nSPS) is 12.7. The summed E-state index contributed by atoms with van der Waals surface area (Å²) in [6.07, 6.45) is -4.73. The van der Waals surface area contributed by atoms with Crippen molar-refractivity contribution in [3.8, 4) is 5.75 Å². The first-order valence-corrected chi connectivity index (χ1v) is 5.52. The molecule has 1 atom stereocenters. The monoisotopic (exact) mass is 276 g/mol. The molecule has 0 spiro atoms. The summed E-state index contributed by atoms with van der Waals surface area (Å²) in [6.45, 7) is 1.62. The fraction of sp³-hybridized carbons (Fsp3) is 0.417. The summed E-state index contributed by atoms with van der Waals surface area (Å²) in [6, 6.07) is 4.80. The Hall–Kier alpha value is -1.92. The Morgan fingerprint density at radius 1 is 1.37 bits per heavy atom. The van der Waals surface area contributed by atoms with Crippen LogP contribution in [0, 0.1) is 0 Å². The zero-order valence-corrected chi connectivity index (χ0v) is 10.8. The van der Waals surface area contributed by atoms with Gasteiger partial charge in [-0.15, -0.1) is 13.2 Å². The Morgan fingerprint density at radius 3 is 2.53 bits per heavy atom. The standard InChI is InChI=1S/C12H15F3N2O2/c1-8(11(18)17(2)3)16-9-5-4-6-10(7-9)19-12(13,14)15/h4-8,16H,1-3H3. The first-order valence-electron chi connectivity index (χ1n) is 5.52. The first-order chi connectivity index (χ1) is 8.69. The van der Waals surface area contributed by atoms with E-state index in [9.17, 15) is 18.0 Å². The number of rotatable bonds is 4. The summed E-state index contributed by atoms with van der Waals surface area (Å²) in [4.78, 5) is 13.0. The number of nitrogens with zero attached hydrogens (tertiary/aromatic N) is 1. The Balaban J connectivity index is 2.75. The van der Waals surface area contributed by atoms with Crippen molar-refractivity contribution in [1.29, 1.82) is 0 Å². The third-order valence-corrected chi connectivity index (χ3v) is 2.26. The van der Waals surface area contributed by atoms with Gasteiger partial charge in [-0.2, -0.15) is 0 Å². The quantitative estimate of drug-likeness (QED) is 0.918. The van der Waals surface area contributed by atoms with Crippen LogP contribution in [0.15, 0.2) is 24.3 Å². The van der Waals surface area contributed by atoms with Crippen molar-refractivity contribution in [2.24, 2.45) is 0 Å². The van der Waals surface area contributed by atoms with E-state index in [2.05, 4.69) is 10.1 Å². The number of hydrogen-bond acceptors (Lipinski definition) is 3. The molecule has 0 aromatic heterocycles. The second-order valence-corrected chi connectivity index (χ2v) is 4.17. The van der Waals surface area contributed by atoms with Gasteiger partial charge in [0.25, 0.3) is 0 Å². The highest BCUT2D eigenvalue weighted by molar-refractivity contribution is 5.83. The van der Waals surface area contributed by atoms with Crippen LogP contribution < -0.4 is 10.1 Å². The molecule has 1 amide bonds. The molecule has 0 aliphatic rings. The van der Waals surface area contributed by atoms with Crippen LogP contribution in [0.3, 0.4) is 0 Å². The number of amides is 1. The van der Waals surface area contributed by atoms with E-state index < -0.39 is 12.4 Å². The van der Waals surface area contributed by atoms with Crippen molar-refractivity contribution >= 4 is 11.6 Å². The number of nitrogens with one attached hydrogen (secondary N) is 1. The molecule has 1 unspecified atom stereocenters. The van der Waals surface area contributed by atoms with E-state index in [1.54, 1.807) is 27.1 Å². The zero-order valence-electron chi connectivity index (χ0n) is 10.8. The topological polar surface area (TPSA) is 41.6 Å². The van der Waals surface area contributed by atoms with E-state index in [1.807, 2.05) is 0 Å². The number of benzene rings is 1. The molecule has 1 aromatic carbocycles. The summed E-state index contributed by atoms with van der Waals surface area (Å²) >= 11 is 0. The molecule has 1 aromatic rings. The maximum Gasteiger partial charge on any atom is 0.573 e. The molecule has 0 aliphatic heterocycles. The SMILES string of the molecule is CC(Nc1cccc(OC(F)(F)F)c1)C(=O)N(C)C. The van der Waals surface area contributed by atoms with Gasteiger partial charge in [0, 0.05) is 25.8 Å². The summed E-state index contributed by atoms with van der Waals surface area (Å²) in [7, 11) is 3.20. The molecule has 1 rings (SSSR count). The molecule has 0 radical (unpaired) electrons. The molecule has 4 nitrogen and oxygen atoms in total. The van der Waals surface area contributed by atoms with Crippen LogP contribution in [-0.2, 0) is 4.79 Å². The lowest BCUT2D eigenvalue weighted by molar-refractivity contribution is -0.274. The average molecular weight is 276 g/mol. The van der Waals surface area contributed by atoms with Crippen LogP contribution in [0.2, 0.25) is 0 Å². The summed E-state index contributed by atoms with van der Waals surface area (Å²) < 4.78 is 40.0. The van der Waals surface area contributed by atoms with Crippen LogP contribution in [0.1, 0.15) is 6.92 Å². The minimum absolute atomic E-state index is 0.179. The van der Waals surface area contributed by atoms with Gasteiger partial charge in [0.2, 0.25) is 5.91 Å². The number of carbonyl (C=O) groups is 1. The molecule has 0 saturated carbocycles. The highest BCUT2D eigenvalue weighted by Gasteiger charge is 2.31. The fourth-order valence-electron chi connectivity index (χ4n) is 1.48. The van der Waals surface area contributed by atoms with E-state index in [0.29, 0.717) is 5.69 Å². The zero-order chi connectivity index (χ0) is 14.6. The third-order valence-electron chi connectivity index (χ3n) is 2.26. The molecular formula is C12H15F3N2O2. The van der Waals surface area contributed by atoms with Gasteiger partial charge in [0.15, 0.2) is 0 Å². The Labute approximate surface area is 109 Å². The van der Waals surface area contributed by atoms with Crippen LogP contribution in [0.25, 0.3) is 0 Å².